The Morgan fingerprint density at radius 3 is 2.81 bits per heavy atom. The predicted octanol–water partition coefficient (Wildman–Crippen LogP) is -2.13. The molecule has 1 aromatic heterocycles. The number of carbonyl (C=O) groups is 1. The van der Waals surface area contributed by atoms with Crippen molar-refractivity contribution in [3.63, 3.8) is 0 Å². The minimum atomic E-state index is -4.15. The zero-order chi connectivity index (χ0) is 22.9. The van der Waals surface area contributed by atoms with Gasteiger partial charge in [0.15, 0.2) is 0 Å². The van der Waals surface area contributed by atoms with E-state index in [0.29, 0.717) is 11.7 Å². The molecule has 0 saturated carbocycles. The van der Waals surface area contributed by atoms with Gasteiger partial charge in [0.2, 0.25) is 10.0 Å². The predicted molar refractivity (Wildman–Crippen MR) is 121 cm³/mol. The minimum Gasteiger partial charge on any atom is -0.280 e. The van der Waals surface area contributed by atoms with Crippen LogP contribution in [0.15, 0.2) is 39.2 Å². The van der Waals surface area contributed by atoms with Crippen molar-refractivity contribution in [3.05, 3.63) is 35.4 Å². The second-order valence-electron chi connectivity index (χ2n) is 6.30. The van der Waals surface area contributed by atoms with E-state index < -0.39 is 15.9 Å². The van der Waals surface area contributed by atoms with Crippen molar-refractivity contribution in [2.75, 3.05) is 6.26 Å². The number of amidine groups is 3. The summed E-state index contributed by atoms with van der Waals surface area (Å²) in [5, 5.41) is 12.6. The number of hydrogen-bond donors (Lipinski definition) is 2. The Kier molecular flexibility index (Phi) is 5.44. The van der Waals surface area contributed by atoms with Gasteiger partial charge in [-0.2, -0.15) is 0 Å². The van der Waals surface area contributed by atoms with Crippen LogP contribution >= 0.6 is 11.8 Å². The maximum absolute atomic E-state index is 12.5. The summed E-state index contributed by atoms with van der Waals surface area (Å²) in [5.41, 5.74) is -0.109. The SMILES string of the molecule is CSC1=[N+]=CN2C(=C1)N=[N+]=C2C#Cc1cc(C(=O)NC2=NC(C)=[N+]=C2)ncc1S(N)(=O)=O. The van der Waals surface area contributed by atoms with Crippen LogP contribution in [0.3, 0.4) is 0 Å². The number of thioether (sulfide) groups is 1. The average molecular weight is 469 g/mol. The Hall–Kier alpha value is -4.07. The number of carbonyl (C=O) groups excluding carboxylic acids is 1. The lowest BCUT2D eigenvalue weighted by Gasteiger charge is -2.04. The van der Waals surface area contributed by atoms with E-state index in [4.69, 9.17) is 5.14 Å². The second kappa shape index (κ2) is 8.22. The number of pyridine rings is 1. The monoisotopic (exact) mass is 468 g/mol. The highest BCUT2D eigenvalue weighted by molar-refractivity contribution is 8.13. The van der Waals surface area contributed by atoms with E-state index in [2.05, 4.69) is 46.4 Å². The lowest BCUT2D eigenvalue weighted by Crippen LogP contribution is -2.32. The fourth-order valence-electron chi connectivity index (χ4n) is 2.62. The number of hydrogen-bond acceptors (Lipinski definition) is 8. The van der Waals surface area contributed by atoms with Gasteiger partial charge in [-0.25, -0.2) is 27.9 Å². The van der Waals surface area contributed by atoms with Crippen molar-refractivity contribution in [3.8, 4) is 11.8 Å². The van der Waals surface area contributed by atoms with Crippen LogP contribution in [0.5, 0.6) is 0 Å². The van der Waals surface area contributed by atoms with Gasteiger partial charge in [0.05, 0.1) is 18.1 Å². The van der Waals surface area contributed by atoms with Gasteiger partial charge in [0.1, 0.15) is 10.6 Å². The Morgan fingerprint density at radius 2 is 2.12 bits per heavy atom. The standard InChI is InChI=1S/C18H13N9O3S2/c1-10-20-8-14(23-10)24-18(28)12-5-11(13(7-21-12)32(19,29)30)3-4-15-25-26-16-6-17(31-2)22-9-27(15)16/h5-9H,1-2H3,(H2,19,29,30)/q+2/p+1. The zero-order valence-electron chi connectivity index (χ0n) is 16.6. The first-order chi connectivity index (χ1) is 15.2. The topological polar surface area (TPSA) is 172 Å². The van der Waals surface area contributed by atoms with Crippen molar-refractivity contribution >= 4 is 62.8 Å². The van der Waals surface area contributed by atoms with Crippen LogP contribution < -0.4 is 19.8 Å². The van der Waals surface area contributed by atoms with Crippen LogP contribution in [-0.2, 0) is 10.0 Å². The summed E-state index contributed by atoms with van der Waals surface area (Å²) in [6.45, 7) is 1.67. The molecule has 0 atom stereocenters. The summed E-state index contributed by atoms with van der Waals surface area (Å²) < 4.78 is 32.1. The number of rotatable bonds is 2. The smallest absolute Gasteiger partial charge is 0.280 e. The van der Waals surface area contributed by atoms with E-state index in [1.54, 1.807) is 17.9 Å². The zero-order valence-corrected chi connectivity index (χ0v) is 18.3. The lowest BCUT2D eigenvalue weighted by atomic mass is 10.2. The molecule has 12 nitrogen and oxygen atoms in total. The molecular formula is C18H14N9O3S2+3. The summed E-state index contributed by atoms with van der Waals surface area (Å²) in [6, 6.07) is 1.22. The molecule has 0 aromatic carbocycles. The maximum atomic E-state index is 12.5. The van der Waals surface area contributed by atoms with Gasteiger partial charge in [0, 0.05) is 17.7 Å². The highest BCUT2D eigenvalue weighted by Crippen LogP contribution is 2.15. The molecule has 1 amide bonds. The molecule has 4 rings (SSSR count). The average Bonchev–Trinajstić information content (AvgIpc) is 3.36. The quantitative estimate of drug-likeness (QED) is 0.370. The number of fused-ring (bicyclic) bond motifs is 1. The third-order valence-corrected chi connectivity index (χ3v) is 5.68. The number of primary sulfonamides is 1. The lowest BCUT2D eigenvalue weighted by molar-refractivity contribution is -0.0718. The molecule has 0 aliphatic carbocycles. The van der Waals surface area contributed by atoms with Crippen LogP contribution in [-0.4, -0.2) is 70.4 Å². The first-order valence-electron chi connectivity index (χ1n) is 8.82. The molecule has 0 bridgehead atoms. The molecule has 0 saturated heterocycles. The first kappa shape index (κ1) is 21.2. The Bertz CT molecular complexity index is 1500. The van der Waals surface area contributed by atoms with Gasteiger partial charge in [-0.05, 0) is 17.3 Å². The molecule has 158 valence electrons. The van der Waals surface area contributed by atoms with Gasteiger partial charge < -0.3 is 0 Å². The Balaban J connectivity index is 1.66. The van der Waals surface area contributed by atoms with E-state index in [0.717, 1.165) is 11.2 Å². The molecule has 32 heavy (non-hydrogen) atoms. The van der Waals surface area contributed by atoms with Crippen molar-refractivity contribution in [1.29, 1.82) is 0 Å². The molecule has 3 aliphatic heterocycles. The summed E-state index contributed by atoms with van der Waals surface area (Å²) in [4.78, 5) is 25.6. The molecule has 1 aromatic rings. The summed E-state index contributed by atoms with van der Waals surface area (Å²) >= 11 is 1.45. The van der Waals surface area contributed by atoms with Gasteiger partial charge in [-0.15, -0.1) is 4.90 Å². The molecule has 0 unspecified atom stereocenters. The van der Waals surface area contributed by atoms with Crippen molar-refractivity contribution < 1.29 is 18.0 Å². The van der Waals surface area contributed by atoms with Crippen LogP contribution in [0.25, 0.3) is 0 Å². The first-order valence-corrected chi connectivity index (χ1v) is 11.6. The molecule has 3 aliphatic rings. The van der Waals surface area contributed by atoms with Crippen LogP contribution in [0.4, 0.5) is 0 Å². The number of aromatic nitrogens is 1. The molecule has 3 N–H and O–H groups in total. The number of aliphatic imine (C=N–C) groups is 1. The molecule has 14 heteroatoms. The van der Waals surface area contributed by atoms with Crippen LogP contribution in [0.1, 0.15) is 23.0 Å². The van der Waals surface area contributed by atoms with Gasteiger partial charge in [-0.3, -0.25) is 10.1 Å². The maximum Gasteiger partial charge on any atom is 0.469 e. The van der Waals surface area contributed by atoms with E-state index in [1.807, 2.05) is 6.26 Å². The Morgan fingerprint density at radius 1 is 1.31 bits per heavy atom. The van der Waals surface area contributed by atoms with Crippen molar-refractivity contribution in [2.24, 2.45) is 15.2 Å². The molecular weight excluding hydrogens is 454 g/mol. The molecule has 0 fully saturated rings. The summed E-state index contributed by atoms with van der Waals surface area (Å²) in [6.07, 6.45) is 7.50. The number of nitrogens with one attached hydrogen (secondary N) is 1. The van der Waals surface area contributed by atoms with E-state index in [1.165, 1.54) is 30.4 Å². The second-order valence-corrected chi connectivity index (χ2v) is 8.66. The number of nitrogens with two attached hydrogens (primary N) is 1. The number of nitrogens with zero attached hydrogens (tertiary/aromatic N) is 7. The third-order valence-electron chi connectivity index (χ3n) is 4.10. The van der Waals surface area contributed by atoms with E-state index >= 15 is 0 Å². The third kappa shape index (κ3) is 4.34. The number of sulfonamides is 1. The summed E-state index contributed by atoms with van der Waals surface area (Å²) in [5.74, 6) is 6.31. The summed E-state index contributed by atoms with van der Waals surface area (Å²) in [7, 11) is -4.15. The fourth-order valence-corrected chi connectivity index (χ4v) is 3.61. The fraction of sp³-hybridized carbons (Fsp3) is 0.111. The van der Waals surface area contributed by atoms with Crippen LogP contribution in [0, 0.1) is 11.8 Å². The highest BCUT2D eigenvalue weighted by Gasteiger charge is 2.35. The minimum absolute atomic E-state index is 0.0251. The van der Waals surface area contributed by atoms with Gasteiger partial charge >= 0.3 is 23.8 Å². The van der Waals surface area contributed by atoms with Crippen LogP contribution in [0.2, 0.25) is 0 Å². The highest BCUT2D eigenvalue weighted by atomic mass is 32.2. The van der Waals surface area contributed by atoms with E-state index in [-0.39, 0.29) is 27.8 Å². The van der Waals surface area contributed by atoms with E-state index in [9.17, 15) is 13.2 Å². The van der Waals surface area contributed by atoms with Gasteiger partial charge in [-0.1, -0.05) is 22.5 Å². The van der Waals surface area contributed by atoms with Crippen molar-refractivity contribution in [1.82, 2.24) is 24.5 Å². The molecule has 0 spiro atoms. The van der Waals surface area contributed by atoms with Gasteiger partial charge in [0.25, 0.3) is 23.0 Å². The Labute approximate surface area is 186 Å². The molecule has 4 heterocycles. The van der Waals surface area contributed by atoms with Crippen molar-refractivity contribution in [2.45, 2.75) is 11.8 Å². The molecule has 0 radical (unpaired) electrons. The largest absolute Gasteiger partial charge is 0.469 e. The normalized spacial score (nSPS) is 15.8. The number of amides is 1.